The lowest BCUT2D eigenvalue weighted by atomic mass is 10.3. The number of hydrogen-bond acceptors (Lipinski definition) is 3. The fourth-order valence-electron chi connectivity index (χ4n) is 1.12. The van der Waals surface area contributed by atoms with E-state index in [4.69, 9.17) is 0 Å². The van der Waals surface area contributed by atoms with Gasteiger partial charge in [-0.1, -0.05) is 0 Å². The summed E-state index contributed by atoms with van der Waals surface area (Å²) in [6, 6.07) is 0. The van der Waals surface area contributed by atoms with E-state index in [1.165, 1.54) is 6.92 Å². The van der Waals surface area contributed by atoms with Gasteiger partial charge in [-0.2, -0.15) is 5.10 Å². The van der Waals surface area contributed by atoms with E-state index >= 15 is 0 Å². The Hall–Kier alpha value is -1.17. The molecule has 0 aromatic carbocycles. The third-order valence-corrected chi connectivity index (χ3v) is 2.60. The Bertz CT molecular complexity index is 387. The van der Waals surface area contributed by atoms with Crippen LogP contribution in [0.3, 0.4) is 0 Å². The molecular weight excluding hydrogens is 262 g/mol. The minimum atomic E-state index is -0.578. The van der Waals surface area contributed by atoms with Crippen molar-refractivity contribution in [3.8, 4) is 0 Å². The second kappa shape index (κ2) is 5.06. The van der Waals surface area contributed by atoms with Crippen molar-refractivity contribution >= 4 is 27.6 Å². The van der Waals surface area contributed by atoms with E-state index in [1.807, 2.05) is 6.92 Å². The molecule has 0 aliphatic rings. The van der Waals surface area contributed by atoms with Gasteiger partial charge in [-0.25, -0.2) is 0 Å². The van der Waals surface area contributed by atoms with Gasteiger partial charge in [0.15, 0.2) is 0 Å². The minimum absolute atomic E-state index is 0.298. The highest BCUT2D eigenvalue weighted by Crippen LogP contribution is 2.15. The van der Waals surface area contributed by atoms with Crippen molar-refractivity contribution in [3.05, 3.63) is 16.4 Å². The Labute approximate surface area is 96.0 Å². The molecule has 0 bridgehead atoms. The molecule has 5 nitrogen and oxygen atoms in total. The molecule has 1 amide bonds. The van der Waals surface area contributed by atoms with Crippen LogP contribution in [0.1, 0.15) is 19.5 Å². The molecule has 1 rings (SSSR count). The predicted octanol–water partition coefficient (Wildman–Crippen LogP) is 0.871. The number of hydrogen-bond donors (Lipinski definition) is 1. The van der Waals surface area contributed by atoms with Crippen molar-refractivity contribution in [1.82, 2.24) is 15.1 Å². The van der Waals surface area contributed by atoms with Gasteiger partial charge >= 0.3 is 0 Å². The number of rotatable bonds is 4. The number of nitrogens with one attached hydrogen (secondary N) is 1. The molecule has 0 aliphatic carbocycles. The summed E-state index contributed by atoms with van der Waals surface area (Å²) < 4.78 is 2.58. The van der Waals surface area contributed by atoms with Crippen LogP contribution in [0, 0.1) is 0 Å². The van der Waals surface area contributed by atoms with Gasteiger partial charge < -0.3 is 5.32 Å². The van der Waals surface area contributed by atoms with E-state index in [0.717, 1.165) is 16.7 Å². The molecular formula is C9H12BrN3O2. The number of carbonyl (C=O) groups is 2. The molecule has 0 radical (unpaired) electrons. The predicted molar refractivity (Wildman–Crippen MR) is 58.1 cm³/mol. The molecule has 0 aliphatic heterocycles. The molecule has 0 atom stereocenters. The number of carbonyl (C=O) groups excluding carboxylic acids is 2. The Morgan fingerprint density at radius 3 is 2.80 bits per heavy atom. The monoisotopic (exact) mass is 273 g/mol. The summed E-state index contributed by atoms with van der Waals surface area (Å²) in [6.07, 6.45) is 1.67. The lowest BCUT2D eigenvalue weighted by Gasteiger charge is -2.06. The Balaban J connectivity index is 2.68. The molecule has 0 saturated heterocycles. The summed E-state index contributed by atoms with van der Waals surface area (Å²) in [6.45, 7) is 4.21. The summed E-state index contributed by atoms with van der Waals surface area (Å²) >= 11 is 3.33. The van der Waals surface area contributed by atoms with Crippen LogP contribution in [0.2, 0.25) is 0 Å². The normalized spacial score (nSPS) is 10.1. The third-order valence-electron chi connectivity index (χ3n) is 1.93. The van der Waals surface area contributed by atoms with Crippen LogP contribution >= 0.6 is 15.9 Å². The summed E-state index contributed by atoms with van der Waals surface area (Å²) in [4.78, 5) is 21.7. The summed E-state index contributed by atoms with van der Waals surface area (Å²) in [7, 11) is 0. The van der Waals surface area contributed by atoms with Gasteiger partial charge in [-0.15, -0.1) is 0 Å². The van der Waals surface area contributed by atoms with E-state index < -0.39 is 11.7 Å². The third kappa shape index (κ3) is 2.89. The van der Waals surface area contributed by atoms with E-state index in [2.05, 4.69) is 26.3 Å². The highest BCUT2D eigenvalue weighted by Gasteiger charge is 2.11. The Kier molecular flexibility index (Phi) is 4.02. The number of aryl methyl sites for hydroxylation is 1. The van der Waals surface area contributed by atoms with Gasteiger partial charge in [0, 0.05) is 13.5 Å². The first-order chi connectivity index (χ1) is 7.06. The van der Waals surface area contributed by atoms with E-state index in [1.54, 1.807) is 10.9 Å². The summed E-state index contributed by atoms with van der Waals surface area (Å²) in [5.74, 6) is -1.07. The number of aromatic nitrogens is 2. The molecule has 1 N–H and O–H groups in total. The lowest BCUT2D eigenvalue weighted by molar-refractivity contribution is -0.136. The van der Waals surface area contributed by atoms with Crippen LogP contribution in [0.4, 0.5) is 0 Å². The molecule has 82 valence electrons. The van der Waals surface area contributed by atoms with Crippen LogP contribution in [-0.2, 0) is 22.7 Å². The van der Waals surface area contributed by atoms with Gasteiger partial charge in [0.05, 0.1) is 22.9 Å². The molecule has 0 unspecified atom stereocenters. The first-order valence-electron chi connectivity index (χ1n) is 4.55. The number of Topliss-reactive ketones (excluding diaryl/α,β-unsaturated/α-hetero) is 1. The molecule has 0 spiro atoms. The summed E-state index contributed by atoms with van der Waals surface area (Å²) in [5.41, 5.74) is 0.854. The molecule has 6 heteroatoms. The van der Waals surface area contributed by atoms with Crippen molar-refractivity contribution in [2.45, 2.75) is 26.9 Å². The van der Waals surface area contributed by atoms with Crippen LogP contribution in [0.15, 0.2) is 10.7 Å². The van der Waals surface area contributed by atoms with Crippen molar-refractivity contribution in [2.75, 3.05) is 0 Å². The van der Waals surface area contributed by atoms with Crippen molar-refractivity contribution in [1.29, 1.82) is 0 Å². The standard InChI is InChI=1S/C9H12BrN3O2/c1-3-13-8(7(10)4-12-13)5-11-9(15)6(2)14/h4H,3,5H2,1-2H3,(H,11,15). The highest BCUT2D eigenvalue weighted by molar-refractivity contribution is 9.10. The van der Waals surface area contributed by atoms with Gasteiger partial charge in [-0.05, 0) is 22.9 Å². The maximum Gasteiger partial charge on any atom is 0.287 e. The first-order valence-corrected chi connectivity index (χ1v) is 5.34. The zero-order valence-corrected chi connectivity index (χ0v) is 10.2. The van der Waals surface area contributed by atoms with Crippen LogP contribution < -0.4 is 5.32 Å². The Morgan fingerprint density at radius 2 is 2.27 bits per heavy atom. The average molecular weight is 274 g/mol. The maximum absolute atomic E-state index is 11.0. The largest absolute Gasteiger partial charge is 0.344 e. The van der Waals surface area contributed by atoms with Crippen LogP contribution in [0.25, 0.3) is 0 Å². The molecule has 0 fully saturated rings. The topological polar surface area (TPSA) is 64.0 Å². The lowest BCUT2D eigenvalue weighted by Crippen LogP contribution is -2.29. The molecule has 0 saturated carbocycles. The van der Waals surface area contributed by atoms with E-state index in [-0.39, 0.29) is 0 Å². The number of nitrogens with zero attached hydrogens (tertiary/aromatic N) is 2. The fourth-order valence-corrected chi connectivity index (χ4v) is 1.56. The second-order valence-electron chi connectivity index (χ2n) is 2.99. The number of amides is 1. The number of ketones is 1. The quantitative estimate of drug-likeness (QED) is 0.829. The van der Waals surface area contributed by atoms with Crippen LogP contribution in [0.5, 0.6) is 0 Å². The van der Waals surface area contributed by atoms with Gasteiger partial charge in [-0.3, -0.25) is 14.3 Å². The van der Waals surface area contributed by atoms with Crippen molar-refractivity contribution in [3.63, 3.8) is 0 Å². The van der Waals surface area contributed by atoms with Crippen molar-refractivity contribution < 1.29 is 9.59 Å². The maximum atomic E-state index is 11.0. The van der Waals surface area contributed by atoms with E-state index in [0.29, 0.717) is 6.54 Å². The van der Waals surface area contributed by atoms with Crippen LogP contribution in [-0.4, -0.2) is 21.5 Å². The number of halogens is 1. The minimum Gasteiger partial charge on any atom is -0.344 e. The zero-order chi connectivity index (χ0) is 11.4. The van der Waals surface area contributed by atoms with E-state index in [9.17, 15) is 9.59 Å². The SMILES string of the molecule is CCn1ncc(Br)c1CNC(=O)C(C)=O. The smallest absolute Gasteiger partial charge is 0.287 e. The highest BCUT2D eigenvalue weighted by atomic mass is 79.9. The Morgan fingerprint density at radius 1 is 1.60 bits per heavy atom. The molecule has 1 heterocycles. The van der Waals surface area contributed by atoms with Crippen molar-refractivity contribution in [2.24, 2.45) is 0 Å². The molecule has 1 aromatic rings. The van der Waals surface area contributed by atoms with Gasteiger partial charge in [0.2, 0.25) is 5.78 Å². The molecule has 15 heavy (non-hydrogen) atoms. The summed E-state index contributed by atoms with van der Waals surface area (Å²) in [5, 5.41) is 6.61. The zero-order valence-electron chi connectivity index (χ0n) is 8.58. The average Bonchev–Trinajstić information content (AvgIpc) is 2.55. The molecule has 1 aromatic heterocycles. The second-order valence-corrected chi connectivity index (χ2v) is 3.85. The first kappa shape index (κ1) is 11.9. The van der Waals surface area contributed by atoms with Gasteiger partial charge in [0.25, 0.3) is 5.91 Å². The fraction of sp³-hybridized carbons (Fsp3) is 0.444. The van der Waals surface area contributed by atoms with Gasteiger partial charge in [0.1, 0.15) is 0 Å².